The standard InChI is InChI=1S/C23H25N3O3/c27-21(20-10-4-6-13-24-20)26-16-17-29-23(18-26)12-5-7-14-25(22(23)28)15-11-19-8-2-1-3-9-19/h1-10,13H,11-12,14-18H2/t23-/m0/s1. The van der Waals surface area contributed by atoms with E-state index in [4.69, 9.17) is 4.74 Å². The van der Waals surface area contributed by atoms with Gasteiger partial charge in [-0.2, -0.15) is 0 Å². The normalized spacial score (nSPS) is 22.0. The van der Waals surface area contributed by atoms with Crippen LogP contribution in [-0.2, 0) is 16.0 Å². The van der Waals surface area contributed by atoms with E-state index < -0.39 is 5.60 Å². The SMILES string of the molecule is O=C(c1ccccn1)N1CCO[C@@]2(CC=CCN(CCc3ccccc3)C2=O)C1. The van der Waals surface area contributed by atoms with Crippen LogP contribution < -0.4 is 0 Å². The lowest BCUT2D eigenvalue weighted by Gasteiger charge is -2.42. The molecule has 1 fully saturated rings. The van der Waals surface area contributed by atoms with Crippen molar-refractivity contribution in [1.82, 2.24) is 14.8 Å². The number of amides is 2. The number of benzene rings is 1. The van der Waals surface area contributed by atoms with Gasteiger partial charge in [-0.25, -0.2) is 0 Å². The van der Waals surface area contributed by atoms with Crippen molar-refractivity contribution in [2.75, 3.05) is 32.8 Å². The third-order valence-corrected chi connectivity index (χ3v) is 5.49. The lowest BCUT2D eigenvalue weighted by Crippen LogP contribution is -2.61. The number of carbonyl (C=O) groups excluding carboxylic acids is 2. The summed E-state index contributed by atoms with van der Waals surface area (Å²) >= 11 is 0. The molecule has 0 bridgehead atoms. The Labute approximate surface area is 170 Å². The van der Waals surface area contributed by atoms with Crippen molar-refractivity contribution in [2.45, 2.75) is 18.4 Å². The van der Waals surface area contributed by atoms with Gasteiger partial charge in [-0.05, 0) is 24.1 Å². The second-order valence-corrected chi connectivity index (χ2v) is 7.45. The number of ether oxygens (including phenoxy) is 1. The molecular formula is C23H25N3O3. The first-order chi connectivity index (χ1) is 14.2. The third kappa shape index (κ3) is 4.22. The minimum atomic E-state index is -1.02. The number of pyridine rings is 1. The van der Waals surface area contributed by atoms with E-state index in [1.165, 1.54) is 5.56 Å². The molecule has 0 aliphatic carbocycles. The highest BCUT2D eigenvalue weighted by Gasteiger charge is 2.47. The van der Waals surface area contributed by atoms with Crippen LogP contribution in [0.3, 0.4) is 0 Å². The zero-order valence-corrected chi connectivity index (χ0v) is 16.4. The lowest BCUT2D eigenvalue weighted by atomic mass is 9.95. The van der Waals surface area contributed by atoms with E-state index in [1.54, 1.807) is 29.3 Å². The molecule has 0 N–H and O–H groups in total. The minimum absolute atomic E-state index is 0.0445. The quantitative estimate of drug-likeness (QED) is 0.751. The number of hydrogen-bond acceptors (Lipinski definition) is 4. The van der Waals surface area contributed by atoms with Gasteiger partial charge in [0.15, 0.2) is 5.60 Å². The van der Waals surface area contributed by atoms with Crippen LogP contribution in [0.1, 0.15) is 22.5 Å². The number of rotatable bonds is 4. The molecule has 1 aromatic heterocycles. The van der Waals surface area contributed by atoms with Crippen LogP contribution >= 0.6 is 0 Å². The first-order valence-corrected chi connectivity index (χ1v) is 10.0. The van der Waals surface area contributed by atoms with E-state index in [2.05, 4.69) is 17.1 Å². The molecule has 150 valence electrons. The fourth-order valence-corrected chi connectivity index (χ4v) is 3.90. The molecule has 6 heteroatoms. The number of nitrogens with zero attached hydrogens (tertiary/aromatic N) is 3. The molecule has 1 saturated heterocycles. The predicted octanol–water partition coefficient (Wildman–Crippen LogP) is 2.32. The Balaban J connectivity index is 1.49. The lowest BCUT2D eigenvalue weighted by molar-refractivity contribution is -0.166. The summed E-state index contributed by atoms with van der Waals surface area (Å²) in [5, 5.41) is 0. The largest absolute Gasteiger partial charge is 0.361 e. The average Bonchev–Trinajstić information content (AvgIpc) is 2.92. The fraction of sp³-hybridized carbons (Fsp3) is 0.348. The molecule has 2 aromatic rings. The molecule has 1 atom stereocenters. The Hall–Kier alpha value is -2.99. The van der Waals surface area contributed by atoms with Gasteiger partial charge in [0.1, 0.15) is 5.69 Å². The van der Waals surface area contributed by atoms with Crippen LogP contribution in [0.25, 0.3) is 0 Å². The van der Waals surface area contributed by atoms with Crippen molar-refractivity contribution >= 4 is 11.8 Å². The monoisotopic (exact) mass is 391 g/mol. The highest BCUT2D eigenvalue weighted by molar-refractivity contribution is 5.94. The molecule has 0 saturated carbocycles. The molecule has 6 nitrogen and oxygen atoms in total. The van der Waals surface area contributed by atoms with Crippen LogP contribution in [-0.4, -0.2) is 65.0 Å². The molecule has 29 heavy (non-hydrogen) atoms. The van der Waals surface area contributed by atoms with Gasteiger partial charge >= 0.3 is 0 Å². The molecular weight excluding hydrogens is 366 g/mol. The zero-order valence-electron chi connectivity index (χ0n) is 16.4. The van der Waals surface area contributed by atoms with Crippen molar-refractivity contribution in [3.8, 4) is 0 Å². The Morgan fingerprint density at radius 2 is 1.93 bits per heavy atom. The first kappa shape index (κ1) is 19.3. The predicted molar refractivity (Wildman–Crippen MR) is 109 cm³/mol. The number of aromatic nitrogens is 1. The van der Waals surface area contributed by atoms with E-state index in [0.717, 1.165) is 6.42 Å². The van der Waals surface area contributed by atoms with E-state index in [9.17, 15) is 9.59 Å². The summed E-state index contributed by atoms with van der Waals surface area (Å²) in [7, 11) is 0. The fourth-order valence-electron chi connectivity index (χ4n) is 3.90. The highest BCUT2D eigenvalue weighted by atomic mass is 16.5. The Morgan fingerprint density at radius 3 is 2.72 bits per heavy atom. The topological polar surface area (TPSA) is 62.7 Å². The maximum atomic E-state index is 13.5. The van der Waals surface area contributed by atoms with Gasteiger partial charge in [-0.3, -0.25) is 14.6 Å². The van der Waals surface area contributed by atoms with E-state index in [0.29, 0.717) is 38.4 Å². The van der Waals surface area contributed by atoms with E-state index in [1.807, 2.05) is 35.3 Å². The molecule has 2 aliphatic heterocycles. The number of morpholine rings is 1. The average molecular weight is 391 g/mol. The maximum absolute atomic E-state index is 13.5. The summed E-state index contributed by atoms with van der Waals surface area (Å²) < 4.78 is 6.04. The van der Waals surface area contributed by atoms with E-state index >= 15 is 0 Å². The molecule has 4 rings (SSSR count). The maximum Gasteiger partial charge on any atom is 0.272 e. The van der Waals surface area contributed by atoms with Gasteiger partial charge in [0.05, 0.1) is 13.2 Å². The number of hydrogen-bond donors (Lipinski definition) is 0. The molecule has 3 heterocycles. The van der Waals surface area contributed by atoms with Gasteiger partial charge in [-0.1, -0.05) is 48.6 Å². The zero-order chi connectivity index (χ0) is 20.1. The van der Waals surface area contributed by atoms with Crippen LogP contribution in [0.15, 0.2) is 66.9 Å². The molecule has 0 radical (unpaired) electrons. The van der Waals surface area contributed by atoms with Gasteiger partial charge in [-0.15, -0.1) is 0 Å². The second-order valence-electron chi connectivity index (χ2n) is 7.45. The van der Waals surface area contributed by atoms with Crippen LogP contribution in [0.4, 0.5) is 0 Å². The van der Waals surface area contributed by atoms with Crippen molar-refractivity contribution in [3.05, 3.63) is 78.1 Å². The van der Waals surface area contributed by atoms with Gasteiger partial charge in [0.2, 0.25) is 0 Å². The third-order valence-electron chi connectivity index (χ3n) is 5.49. The van der Waals surface area contributed by atoms with Crippen LogP contribution in [0.2, 0.25) is 0 Å². The molecule has 2 aliphatic rings. The summed E-state index contributed by atoms with van der Waals surface area (Å²) in [5.74, 6) is -0.206. The minimum Gasteiger partial charge on any atom is -0.361 e. The Bertz CT molecular complexity index is 885. The number of carbonyl (C=O) groups is 2. The summed E-state index contributed by atoms with van der Waals surface area (Å²) in [6.07, 6.45) is 6.87. The van der Waals surface area contributed by atoms with Crippen molar-refractivity contribution < 1.29 is 14.3 Å². The van der Waals surface area contributed by atoms with Crippen molar-refractivity contribution in [1.29, 1.82) is 0 Å². The van der Waals surface area contributed by atoms with Gasteiger partial charge < -0.3 is 14.5 Å². The van der Waals surface area contributed by atoms with Crippen LogP contribution in [0, 0.1) is 0 Å². The summed E-state index contributed by atoms with van der Waals surface area (Å²) in [6.45, 7) is 2.22. The Kier molecular flexibility index (Phi) is 5.71. The van der Waals surface area contributed by atoms with Gasteiger partial charge in [0.25, 0.3) is 11.8 Å². The molecule has 1 spiro atoms. The summed E-state index contributed by atoms with van der Waals surface area (Å²) in [4.78, 5) is 34.0. The van der Waals surface area contributed by atoms with Crippen molar-refractivity contribution in [3.63, 3.8) is 0 Å². The van der Waals surface area contributed by atoms with E-state index in [-0.39, 0.29) is 18.4 Å². The smallest absolute Gasteiger partial charge is 0.272 e. The second kappa shape index (κ2) is 8.57. The Morgan fingerprint density at radius 1 is 1.10 bits per heavy atom. The van der Waals surface area contributed by atoms with Crippen LogP contribution in [0.5, 0.6) is 0 Å². The summed E-state index contributed by atoms with van der Waals surface area (Å²) in [6, 6.07) is 15.4. The van der Waals surface area contributed by atoms with Crippen molar-refractivity contribution in [2.24, 2.45) is 0 Å². The molecule has 1 aromatic carbocycles. The first-order valence-electron chi connectivity index (χ1n) is 10.0. The molecule has 2 amide bonds. The van der Waals surface area contributed by atoms with Gasteiger partial charge in [0, 0.05) is 32.3 Å². The highest BCUT2D eigenvalue weighted by Crippen LogP contribution is 2.28. The summed E-state index contributed by atoms with van der Waals surface area (Å²) in [5.41, 5.74) is 0.563. The molecule has 0 unspecified atom stereocenters.